The Kier molecular flexibility index (Phi) is 5.84. The average Bonchev–Trinajstić information content (AvgIpc) is 3.27. The molecule has 0 aliphatic carbocycles. The Morgan fingerprint density at radius 3 is 2.60 bits per heavy atom. The quantitative estimate of drug-likeness (QED) is 0.453. The van der Waals surface area contributed by atoms with E-state index in [0.29, 0.717) is 54.5 Å². The van der Waals surface area contributed by atoms with Gasteiger partial charge in [0, 0.05) is 48.7 Å². The molecule has 10 heteroatoms. The molecule has 1 aliphatic heterocycles. The Morgan fingerprint density at radius 2 is 1.86 bits per heavy atom. The second-order valence-corrected chi connectivity index (χ2v) is 8.62. The van der Waals surface area contributed by atoms with Gasteiger partial charge < -0.3 is 15.4 Å². The number of nitrogen functional groups attached to an aromatic ring is 1. The van der Waals surface area contributed by atoms with Crippen molar-refractivity contribution in [2.24, 2.45) is 0 Å². The molecule has 176 valence electrons. The SMILES string of the molecule is CC(C)(C#Cc1ccc2c(C(=O)N3CCOCC3)nn(-c3ccnc(N)n3)c2c1)c1ncccn1. The van der Waals surface area contributed by atoms with Gasteiger partial charge in [-0.05, 0) is 38.1 Å². The van der Waals surface area contributed by atoms with Gasteiger partial charge in [-0.3, -0.25) is 4.79 Å². The van der Waals surface area contributed by atoms with Gasteiger partial charge >= 0.3 is 0 Å². The molecule has 0 bridgehead atoms. The van der Waals surface area contributed by atoms with E-state index in [1.165, 1.54) is 0 Å². The van der Waals surface area contributed by atoms with E-state index in [2.05, 4.69) is 36.9 Å². The zero-order valence-corrected chi connectivity index (χ0v) is 19.5. The van der Waals surface area contributed by atoms with Gasteiger partial charge in [0.1, 0.15) is 5.82 Å². The molecule has 0 radical (unpaired) electrons. The summed E-state index contributed by atoms with van der Waals surface area (Å²) in [6.07, 6.45) is 4.97. The fourth-order valence-electron chi connectivity index (χ4n) is 3.83. The molecule has 1 aliphatic rings. The van der Waals surface area contributed by atoms with Gasteiger partial charge in [0.15, 0.2) is 11.5 Å². The molecule has 5 rings (SSSR count). The van der Waals surface area contributed by atoms with Gasteiger partial charge in [0.2, 0.25) is 5.95 Å². The summed E-state index contributed by atoms with van der Waals surface area (Å²) in [6, 6.07) is 9.12. The van der Waals surface area contributed by atoms with Crippen LogP contribution in [-0.4, -0.2) is 66.8 Å². The molecule has 0 saturated carbocycles. The number of amides is 1. The van der Waals surface area contributed by atoms with Crippen molar-refractivity contribution in [2.75, 3.05) is 32.0 Å². The highest BCUT2D eigenvalue weighted by Crippen LogP contribution is 2.25. The number of ether oxygens (including phenoxy) is 1. The second kappa shape index (κ2) is 9.12. The number of nitrogens with two attached hydrogens (primary N) is 1. The Labute approximate surface area is 202 Å². The van der Waals surface area contributed by atoms with Crippen molar-refractivity contribution in [2.45, 2.75) is 19.3 Å². The maximum absolute atomic E-state index is 13.3. The molecule has 0 atom stereocenters. The summed E-state index contributed by atoms with van der Waals surface area (Å²) in [6.45, 7) is 6.00. The molecule has 1 amide bonds. The van der Waals surface area contributed by atoms with Crippen molar-refractivity contribution >= 4 is 22.8 Å². The van der Waals surface area contributed by atoms with Gasteiger partial charge in [-0.2, -0.15) is 10.1 Å². The molecule has 0 unspecified atom stereocenters. The maximum atomic E-state index is 13.3. The molecule has 10 nitrogen and oxygen atoms in total. The minimum atomic E-state index is -0.547. The van der Waals surface area contributed by atoms with Crippen LogP contribution in [0.3, 0.4) is 0 Å². The van der Waals surface area contributed by atoms with Crippen molar-refractivity contribution in [3.8, 4) is 17.7 Å². The third kappa shape index (κ3) is 4.54. The minimum absolute atomic E-state index is 0.118. The molecule has 2 N–H and O–H groups in total. The van der Waals surface area contributed by atoms with Crippen molar-refractivity contribution in [1.82, 2.24) is 34.6 Å². The fraction of sp³-hybridized carbons (Fsp3) is 0.280. The molecule has 4 aromatic rings. The number of nitrogens with zero attached hydrogens (tertiary/aromatic N) is 7. The highest BCUT2D eigenvalue weighted by molar-refractivity contribution is 6.05. The van der Waals surface area contributed by atoms with Crippen molar-refractivity contribution < 1.29 is 9.53 Å². The number of benzene rings is 1. The van der Waals surface area contributed by atoms with E-state index >= 15 is 0 Å². The fourth-order valence-corrected chi connectivity index (χ4v) is 3.83. The zero-order valence-electron chi connectivity index (χ0n) is 19.5. The summed E-state index contributed by atoms with van der Waals surface area (Å²) in [5.41, 5.74) is 7.07. The maximum Gasteiger partial charge on any atom is 0.275 e. The lowest BCUT2D eigenvalue weighted by Gasteiger charge is -2.26. The van der Waals surface area contributed by atoms with E-state index in [9.17, 15) is 4.79 Å². The molecule has 3 aromatic heterocycles. The molecule has 1 aromatic carbocycles. The third-order valence-electron chi connectivity index (χ3n) is 5.70. The number of morpholine rings is 1. The third-order valence-corrected chi connectivity index (χ3v) is 5.70. The molecular formula is C25H24N8O2. The van der Waals surface area contributed by atoms with E-state index < -0.39 is 5.41 Å². The van der Waals surface area contributed by atoms with Crippen molar-refractivity contribution in [1.29, 1.82) is 0 Å². The van der Waals surface area contributed by atoms with Gasteiger partial charge in [-0.1, -0.05) is 11.8 Å². The predicted octanol–water partition coefficient (Wildman–Crippen LogP) is 1.99. The summed E-state index contributed by atoms with van der Waals surface area (Å²) >= 11 is 0. The van der Waals surface area contributed by atoms with Gasteiger partial charge in [-0.25, -0.2) is 19.6 Å². The summed E-state index contributed by atoms with van der Waals surface area (Å²) < 4.78 is 7.00. The zero-order chi connectivity index (χ0) is 24.4. The van der Waals surface area contributed by atoms with Crippen LogP contribution in [0.4, 0.5) is 5.95 Å². The monoisotopic (exact) mass is 468 g/mol. The molecule has 1 fully saturated rings. The first-order valence-electron chi connectivity index (χ1n) is 11.2. The van der Waals surface area contributed by atoms with E-state index in [0.717, 1.165) is 5.56 Å². The molecule has 35 heavy (non-hydrogen) atoms. The molecule has 1 saturated heterocycles. The first kappa shape index (κ1) is 22.4. The smallest absolute Gasteiger partial charge is 0.275 e. The molecule has 0 spiro atoms. The van der Waals surface area contributed by atoms with Crippen molar-refractivity contribution in [3.05, 3.63) is 66.0 Å². The Balaban J connectivity index is 1.60. The van der Waals surface area contributed by atoms with E-state index in [-0.39, 0.29) is 11.9 Å². The summed E-state index contributed by atoms with van der Waals surface area (Å²) in [5, 5.41) is 5.35. The number of aromatic nitrogens is 6. The largest absolute Gasteiger partial charge is 0.378 e. The number of carbonyl (C=O) groups is 1. The molecular weight excluding hydrogens is 444 g/mol. The predicted molar refractivity (Wildman–Crippen MR) is 130 cm³/mol. The van der Waals surface area contributed by atoms with Crippen LogP contribution >= 0.6 is 0 Å². The van der Waals surface area contributed by atoms with Gasteiger partial charge in [0.25, 0.3) is 5.91 Å². The highest BCUT2D eigenvalue weighted by Gasteiger charge is 2.25. The highest BCUT2D eigenvalue weighted by atomic mass is 16.5. The number of anilines is 1. The normalized spacial score (nSPS) is 13.9. The number of hydrogen-bond acceptors (Lipinski definition) is 8. The number of fused-ring (bicyclic) bond motifs is 1. The molecule has 4 heterocycles. The van der Waals surface area contributed by atoms with E-state index in [1.807, 2.05) is 32.0 Å². The van der Waals surface area contributed by atoms with Crippen LogP contribution < -0.4 is 5.73 Å². The summed E-state index contributed by atoms with van der Waals surface area (Å²) in [4.78, 5) is 32.0. The summed E-state index contributed by atoms with van der Waals surface area (Å²) in [7, 11) is 0. The Bertz CT molecular complexity index is 1450. The lowest BCUT2D eigenvalue weighted by Crippen LogP contribution is -2.41. The summed E-state index contributed by atoms with van der Waals surface area (Å²) in [5.74, 6) is 7.57. The minimum Gasteiger partial charge on any atom is -0.378 e. The van der Waals surface area contributed by atoms with Crippen LogP contribution in [-0.2, 0) is 10.2 Å². The van der Waals surface area contributed by atoms with Crippen LogP contribution in [0, 0.1) is 11.8 Å². The lowest BCUT2D eigenvalue weighted by atomic mass is 9.92. The average molecular weight is 469 g/mol. The van der Waals surface area contributed by atoms with E-state index in [1.54, 1.807) is 40.3 Å². The van der Waals surface area contributed by atoms with Crippen LogP contribution in [0.25, 0.3) is 16.7 Å². The van der Waals surface area contributed by atoms with Crippen LogP contribution in [0.2, 0.25) is 0 Å². The number of carbonyl (C=O) groups excluding carboxylic acids is 1. The van der Waals surface area contributed by atoms with Crippen LogP contribution in [0.5, 0.6) is 0 Å². The van der Waals surface area contributed by atoms with Crippen LogP contribution in [0.1, 0.15) is 35.7 Å². The van der Waals surface area contributed by atoms with Gasteiger partial charge in [0.05, 0.1) is 24.1 Å². The van der Waals surface area contributed by atoms with Gasteiger partial charge in [-0.15, -0.1) is 0 Å². The lowest BCUT2D eigenvalue weighted by molar-refractivity contribution is 0.0300. The van der Waals surface area contributed by atoms with E-state index in [4.69, 9.17) is 10.5 Å². The first-order valence-corrected chi connectivity index (χ1v) is 11.2. The standard InChI is InChI=1S/C25H24N8O2/c1-25(2,23-27-9-3-10-28-23)8-6-17-4-5-18-19(16-17)33(20-7-11-29-24(26)30-20)31-21(18)22(34)32-12-14-35-15-13-32/h3-5,7,9-11,16H,12-15H2,1-2H3,(H2,26,29,30). The second-order valence-electron chi connectivity index (χ2n) is 8.62. The number of hydrogen-bond donors (Lipinski definition) is 1. The topological polar surface area (TPSA) is 125 Å². The number of rotatable bonds is 3. The Hall–Kier alpha value is -4.36. The van der Waals surface area contributed by atoms with Crippen LogP contribution in [0.15, 0.2) is 48.9 Å². The first-order chi connectivity index (χ1) is 16.9. The Morgan fingerprint density at radius 1 is 1.09 bits per heavy atom. The van der Waals surface area contributed by atoms with Crippen molar-refractivity contribution in [3.63, 3.8) is 0 Å².